The minimum Gasteiger partial charge on any atom is -0.481 e. The lowest BCUT2D eigenvalue weighted by atomic mass is 10.1. The molecule has 11 heteroatoms. The molecular weight excluding hydrogens is 518 g/mol. The molecule has 3 amide bonds. The molecule has 40 heavy (non-hydrogen) atoms. The maximum Gasteiger partial charge on any atom is 0.407 e. The second-order valence-corrected chi connectivity index (χ2v) is 12.3. The summed E-state index contributed by atoms with van der Waals surface area (Å²) >= 11 is 0. The van der Waals surface area contributed by atoms with E-state index >= 15 is 0 Å². The quantitative estimate of drug-likeness (QED) is 0.348. The Balaban J connectivity index is 0.000000305. The van der Waals surface area contributed by atoms with Gasteiger partial charge in [-0.2, -0.15) is 0 Å². The zero-order chi connectivity index (χ0) is 29.9. The number of carbonyl (C=O) groups is 4. The number of carboxylic acids is 1. The van der Waals surface area contributed by atoms with E-state index in [2.05, 4.69) is 16.0 Å². The van der Waals surface area contributed by atoms with E-state index in [9.17, 15) is 19.2 Å². The van der Waals surface area contributed by atoms with Gasteiger partial charge in [-0.15, -0.1) is 0 Å². The van der Waals surface area contributed by atoms with Crippen LogP contribution in [-0.2, 0) is 25.6 Å². The molecule has 0 unspecified atom stereocenters. The fourth-order valence-electron chi connectivity index (χ4n) is 4.46. The third-order valence-electron chi connectivity index (χ3n) is 6.19. The van der Waals surface area contributed by atoms with Crippen LogP contribution in [0.1, 0.15) is 85.6 Å². The summed E-state index contributed by atoms with van der Waals surface area (Å²) in [6.45, 7) is 11.1. The summed E-state index contributed by atoms with van der Waals surface area (Å²) in [5, 5.41) is 17.2. The monoisotopic (exact) mass is 563 g/mol. The van der Waals surface area contributed by atoms with Gasteiger partial charge in [-0.1, -0.05) is 30.3 Å². The number of benzene rings is 1. The van der Waals surface area contributed by atoms with Crippen molar-refractivity contribution in [2.24, 2.45) is 5.92 Å². The lowest BCUT2D eigenvalue weighted by molar-refractivity contribution is -0.141. The molecule has 0 radical (unpaired) electrons. The molecule has 0 aromatic heterocycles. The van der Waals surface area contributed by atoms with Crippen molar-refractivity contribution in [2.45, 2.75) is 116 Å². The van der Waals surface area contributed by atoms with Crippen molar-refractivity contribution in [1.29, 1.82) is 0 Å². The highest BCUT2D eigenvalue weighted by Gasteiger charge is 2.32. The summed E-state index contributed by atoms with van der Waals surface area (Å²) in [6.07, 6.45) is 2.80. The van der Waals surface area contributed by atoms with Gasteiger partial charge in [0.15, 0.2) is 0 Å². The standard InChI is InChI=1S/C18H26N2O4.C11H19NO4/c1-18(2,3)24-17(22)20-15-10-9-14(11-15)19-16(21)23-12-13-7-5-4-6-8-13;1-11(2,3)16-10(15)12-8-5-4-7(6-8)9(13)14/h4-8,14-15H,9-12H2,1-3H3,(H,19,21)(H,20,22);7-8H,4-6H2,1-3H3,(H,12,15)(H,13,14)/t14-,15+;7-,8+/m00/s1. The van der Waals surface area contributed by atoms with Crippen molar-refractivity contribution in [3.63, 3.8) is 0 Å². The molecule has 3 rings (SSSR count). The molecule has 2 aliphatic rings. The molecule has 2 aliphatic carbocycles. The van der Waals surface area contributed by atoms with E-state index in [1.807, 2.05) is 51.1 Å². The minimum atomic E-state index is -0.784. The van der Waals surface area contributed by atoms with Gasteiger partial charge in [-0.25, -0.2) is 14.4 Å². The number of nitrogens with one attached hydrogen (secondary N) is 3. The number of carboxylic acid groups (broad SMARTS) is 1. The summed E-state index contributed by atoms with van der Waals surface area (Å²) in [4.78, 5) is 45.7. The molecule has 4 N–H and O–H groups in total. The Morgan fingerprint density at radius 1 is 0.725 bits per heavy atom. The van der Waals surface area contributed by atoms with Gasteiger partial charge < -0.3 is 35.3 Å². The van der Waals surface area contributed by atoms with Crippen LogP contribution in [0.5, 0.6) is 0 Å². The van der Waals surface area contributed by atoms with Crippen LogP contribution in [-0.4, -0.2) is 58.7 Å². The smallest absolute Gasteiger partial charge is 0.407 e. The molecule has 224 valence electrons. The lowest BCUT2D eigenvalue weighted by Gasteiger charge is -2.21. The van der Waals surface area contributed by atoms with Crippen LogP contribution in [0.15, 0.2) is 30.3 Å². The zero-order valence-electron chi connectivity index (χ0n) is 24.5. The molecule has 0 aliphatic heterocycles. The van der Waals surface area contributed by atoms with Crippen LogP contribution < -0.4 is 16.0 Å². The number of ether oxygens (including phenoxy) is 3. The average Bonchev–Trinajstić information content (AvgIpc) is 3.46. The van der Waals surface area contributed by atoms with Crippen LogP contribution in [0.25, 0.3) is 0 Å². The Morgan fingerprint density at radius 2 is 1.18 bits per heavy atom. The largest absolute Gasteiger partial charge is 0.481 e. The van der Waals surface area contributed by atoms with Crippen molar-refractivity contribution >= 4 is 24.2 Å². The molecule has 2 saturated carbocycles. The van der Waals surface area contributed by atoms with Gasteiger partial charge in [0.05, 0.1) is 5.92 Å². The van der Waals surface area contributed by atoms with Crippen molar-refractivity contribution in [1.82, 2.24) is 16.0 Å². The third-order valence-corrected chi connectivity index (χ3v) is 6.19. The maximum atomic E-state index is 11.8. The zero-order valence-corrected chi connectivity index (χ0v) is 24.5. The second-order valence-electron chi connectivity index (χ2n) is 12.3. The van der Waals surface area contributed by atoms with Crippen molar-refractivity contribution in [3.05, 3.63) is 35.9 Å². The Kier molecular flexibility index (Phi) is 12.1. The van der Waals surface area contributed by atoms with Crippen molar-refractivity contribution in [3.8, 4) is 0 Å². The first-order chi connectivity index (χ1) is 18.6. The topological polar surface area (TPSA) is 152 Å². The minimum absolute atomic E-state index is 0.00760. The van der Waals surface area contributed by atoms with E-state index < -0.39 is 35.5 Å². The highest BCUT2D eigenvalue weighted by molar-refractivity contribution is 5.71. The molecule has 1 aromatic carbocycles. The van der Waals surface area contributed by atoms with E-state index in [0.717, 1.165) is 18.4 Å². The summed E-state index contributed by atoms with van der Waals surface area (Å²) in [7, 11) is 0. The highest BCUT2D eigenvalue weighted by atomic mass is 16.6. The number of alkyl carbamates (subject to hydrolysis) is 3. The van der Waals surface area contributed by atoms with Gasteiger partial charge in [0.2, 0.25) is 0 Å². The molecule has 0 heterocycles. The summed E-state index contributed by atoms with van der Waals surface area (Å²) < 4.78 is 15.5. The van der Waals surface area contributed by atoms with E-state index in [0.29, 0.717) is 25.7 Å². The van der Waals surface area contributed by atoms with Crippen LogP contribution in [0.4, 0.5) is 14.4 Å². The van der Waals surface area contributed by atoms with Crippen LogP contribution in [0.3, 0.4) is 0 Å². The second kappa shape index (κ2) is 14.8. The van der Waals surface area contributed by atoms with Crippen LogP contribution in [0, 0.1) is 5.92 Å². The summed E-state index contributed by atoms with van der Waals surface area (Å²) in [5.74, 6) is -1.12. The molecule has 11 nitrogen and oxygen atoms in total. The summed E-state index contributed by atoms with van der Waals surface area (Å²) in [6, 6.07) is 9.48. The maximum absolute atomic E-state index is 11.8. The van der Waals surface area contributed by atoms with Gasteiger partial charge in [0.1, 0.15) is 17.8 Å². The molecular formula is C29H45N3O8. The lowest BCUT2D eigenvalue weighted by Crippen LogP contribution is -2.39. The Bertz CT molecular complexity index is 987. The average molecular weight is 564 g/mol. The van der Waals surface area contributed by atoms with Crippen molar-refractivity contribution < 1.29 is 38.5 Å². The van der Waals surface area contributed by atoms with Gasteiger partial charge in [0, 0.05) is 18.1 Å². The van der Waals surface area contributed by atoms with E-state index in [1.54, 1.807) is 20.8 Å². The van der Waals surface area contributed by atoms with E-state index in [1.165, 1.54) is 0 Å². The normalized spacial score (nSPS) is 22.2. The molecule has 0 bridgehead atoms. The number of aliphatic carboxylic acids is 1. The Labute approximate surface area is 236 Å². The van der Waals surface area contributed by atoms with Crippen molar-refractivity contribution in [2.75, 3.05) is 0 Å². The molecule has 0 saturated heterocycles. The van der Waals surface area contributed by atoms with Gasteiger partial charge in [-0.05, 0) is 85.6 Å². The number of carbonyl (C=O) groups excluding carboxylic acids is 3. The number of hydrogen-bond donors (Lipinski definition) is 4. The van der Waals surface area contributed by atoms with Crippen LogP contribution in [0.2, 0.25) is 0 Å². The fourth-order valence-corrected chi connectivity index (χ4v) is 4.46. The fraction of sp³-hybridized carbons (Fsp3) is 0.655. The SMILES string of the molecule is CC(C)(C)OC(=O)N[C@@H]1CC[C@H](C(=O)O)C1.CC(C)(C)OC(=O)N[C@@H]1CC[C@H](NC(=O)OCc2ccccc2)C1. The molecule has 1 aromatic rings. The van der Waals surface area contributed by atoms with Gasteiger partial charge in [-0.3, -0.25) is 4.79 Å². The Hall–Kier alpha value is -3.50. The predicted molar refractivity (Wildman–Crippen MR) is 149 cm³/mol. The van der Waals surface area contributed by atoms with Gasteiger partial charge >= 0.3 is 24.2 Å². The molecule has 0 spiro atoms. The van der Waals surface area contributed by atoms with Gasteiger partial charge in [0.25, 0.3) is 0 Å². The Morgan fingerprint density at radius 3 is 1.62 bits per heavy atom. The van der Waals surface area contributed by atoms with E-state index in [-0.39, 0.29) is 30.7 Å². The number of amides is 3. The first-order valence-electron chi connectivity index (χ1n) is 13.8. The first kappa shape index (κ1) is 32.7. The molecule has 4 atom stereocenters. The third kappa shape index (κ3) is 13.5. The molecule has 2 fully saturated rings. The number of hydrogen-bond acceptors (Lipinski definition) is 7. The van der Waals surface area contributed by atoms with Crippen LogP contribution >= 0.6 is 0 Å². The number of rotatable bonds is 6. The predicted octanol–water partition coefficient (Wildman–Crippen LogP) is 5.12. The summed E-state index contributed by atoms with van der Waals surface area (Å²) in [5.41, 5.74) is -0.0836. The van der Waals surface area contributed by atoms with E-state index in [4.69, 9.17) is 19.3 Å². The first-order valence-corrected chi connectivity index (χ1v) is 13.8. The highest BCUT2D eigenvalue weighted by Crippen LogP contribution is 2.26.